The molecule has 0 radical (unpaired) electrons. The van der Waals surface area contributed by atoms with E-state index in [-0.39, 0.29) is 12.0 Å². The molecule has 0 spiro atoms. The van der Waals surface area contributed by atoms with Crippen molar-refractivity contribution in [2.24, 2.45) is 5.92 Å². The van der Waals surface area contributed by atoms with Gasteiger partial charge in [-0.1, -0.05) is 18.2 Å². The third-order valence-electron chi connectivity index (χ3n) is 3.35. The standard InChI is InChI=1S/C15H21NO2/c1-16(2)11-12-10-14(8-9-15(12)17)18-13-6-4-3-5-7-13/h3-7,12,14H,8-11H2,1-2H3. The zero-order valence-corrected chi connectivity index (χ0v) is 11.1. The van der Waals surface area contributed by atoms with Gasteiger partial charge in [-0.25, -0.2) is 0 Å². The molecule has 1 aromatic rings. The van der Waals surface area contributed by atoms with Gasteiger partial charge >= 0.3 is 0 Å². The second-order valence-corrected chi connectivity index (χ2v) is 5.25. The van der Waals surface area contributed by atoms with Crippen LogP contribution < -0.4 is 4.74 Å². The van der Waals surface area contributed by atoms with E-state index in [9.17, 15) is 4.79 Å². The molecule has 0 heterocycles. The molecular weight excluding hydrogens is 226 g/mol. The summed E-state index contributed by atoms with van der Waals surface area (Å²) in [6, 6.07) is 9.86. The average molecular weight is 247 g/mol. The first-order chi connectivity index (χ1) is 8.65. The normalized spacial score (nSPS) is 24.3. The highest BCUT2D eigenvalue weighted by Gasteiger charge is 2.30. The van der Waals surface area contributed by atoms with Crippen LogP contribution in [0.25, 0.3) is 0 Å². The molecule has 1 saturated carbocycles. The number of hydrogen-bond donors (Lipinski definition) is 0. The number of ether oxygens (including phenoxy) is 1. The number of benzene rings is 1. The lowest BCUT2D eigenvalue weighted by molar-refractivity contribution is -0.127. The van der Waals surface area contributed by atoms with Crippen LogP contribution in [-0.4, -0.2) is 37.4 Å². The summed E-state index contributed by atoms with van der Waals surface area (Å²) in [4.78, 5) is 13.9. The molecule has 1 aliphatic rings. The van der Waals surface area contributed by atoms with E-state index in [2.05, 4.69) is 4.90 Å². The maximum absolute atomic E-state index is 11.8. The molecule has 18 heavy (non-hydrogen) atoms. The molecule has 3 nitrogen and oxygen atoms in total. The minimum atomic E-state index is 0.127. The van der Waals surface area contributed by atoms with Crippen molar-refractivity contribution in [3.8, 4) is 5.75 Å². The molecule has 0 amide bonds. The summed E-state index contributed by atoms with van der Waals surface area (Å²) < 4.78 is 5.94. The van der Waals surface area contributed by atoms with Crippen LogP contribution in [-0.2, 0) is 4.79 Å². The van der Waals surface area contributed by atoms with Crippen LogP contribution in [0.4, 0.5) is 0 Å². The van der Waals surface area contributed by atoms with Crippen molar-refractivity contribution in [3.05, 3.63) is 30.3 Å². The molecule has 2 unspecified atom stereocenters. The fourth-order valence-corrected chi connectivity index (χ4v) is 2.49. The number of para-hydroxylation sites is 1. The van der Waals surface area contributed by atoms with Crippen LogP contribution in [0.2, 0.25) is 0 Å². The molecule has 2 rings (SSSR count). The molecule has 2 atom stereocenters. The van der Waals surface area contributed by atoms with E-state index in [0.717, 1.165) is 25.1 Å². The first-order valence-corrected chi connectivity index (χ1v) is 6.54. The molecule has 1 fully saturated rings. The Morgan fingerprint density at radius 2 is 2.00 bits per heavy atom. The number of carbonyl (C=O) groups is 1. The SMILES string of the molecule is CN(C)CC1CC(Oc2ccccc2)CCC1=O. The maximum atomic E-state index is 11.8. The molecule has 0 bridgehead atoms. The number of carbonyl (C=O) groups excluding carboxylic acids is 1. The van der Waals surface area contributed by atoms with Gasteiger partial charge in [-0.05, 0) is 39.1 Å². The van der Waals surface area contributed by atoms with E-state index < -0.39 is 0 Å². The van der Waals surface area contributed by atoms with Crippen LogP contribution >= 0.6 is 0 Å². The minimum absolute atomic E-state index is 0.127. The Labute approximate surface area is 109 Å². The molecule has 1 aromatic carbocycles. The number of ketones is 1. The number of rotatable bonds is 4. The molecule has 0 N–H and O–H groups in total. The Hall–Kier alpha value is -1.35. The quantitative estimate of drug-likeness (QED) is 0.818. The lowest BCUT2D eigenvalue weighted by Gasteiger charge is -2.30. The van der Waals surface area contributed by atoms with E-state index in [1.165, 1.54) is 0 Å². The van der Waals surface area contributed by atoms with Gasteiger partial charge in [-0.15, -0.1) is 0 Å². The summed E-state index contributed by atoms with van der Waals surface area (Å²) in [5.41, 5.74) is 0. The maximum Gasteiger partial charge on any atom is 0.137 e. The van der Waals surface area contributed by atoms with Crippen molar-refractivity contribution in [1.29, 1.82) is 0 Å². The minimum Gasteiger partial charge on any atom is -0.490 e. The Morgan fingerprint density at radius 1 is 1.28 bits per heavy atom. The van der Waals surface area contributed by atoms with Gasteiger partial charge in [0.05, 0.1) is 6.10 Å². The van der Waals surface area contributed by atoms with Crippen LogP contribution in [0.15, 0.2) is 30.3 Å². The number of Topliss-reactive ketones (excluding diaryl/α,β-unsaturated/α-hetero) is 1. The van der Waals surface area contributed by atoms with E-state index in [1.54, 1.807) is 0 Å². The van der Waals surface area contributed by atoms with E-state index in [0.29, 0.717) is 12.2 Å². The van der Waals surface area contributed by atoms with E-state index in [4.69, 9.17) is 4.74 Å². The lowest BCUT2D eigenvalue weighted by Crippen LogP contribution is -2.37. The molecule has 0 aliphatic heterocycles. The molecule has 3 heteroatoms. The topological polar surface area (TPSA) is 29.5 Å². The molecule has 0 aromatic heterocycles. The van der Waals surface area contributed by atoms with E-state index in [1.807, 2.05) is 44.4 Å². The van der Waals surface area contributed by atoms with Gasteiger partial charge < -0.3 is 9.64 Å². The van der Waals surface area contributed by atoms with Crippen molar-refractivity contribution < 1.29 is 9.53 Å². The van der Waals surface area contributed by atoms with E-state index >= 15 is 0 Å². The van der Waals surface area contributed by atoms with Gasteiger partial charge in [-0.2, -0.15) is 0 Å². The summed E-state index contributed by atoms with van der Waals surface area (Å²) in [5, 5.41) is 0. The third-order valence-corrected chi connectivity index (χ3v) is 3.35. The second kappa shape index (κ2) is 6.01. The van der Waals surface area contributed by atoms with Crippen molar-refractivity contribution in [1.82, 2.24) is 4.90 Å². The molecule has 1 aliphatic carbocycles. The average Bonchev–Trinajstić information content (AvgIpc) is 2.34. The van der Waals surface area contributed by atoms with Gasteiger partial charge in [-0.3, -0.25) is 4.79 Å². The summed E-state index contributed by atoms with van der Waals surface area (Å²) in [6.45, 7) is 0.827. The van der Waals surface area contributed by atoms with Crippen molar-refractivity contribution in [2.45, 2.75) is 25.4 Å². The van der Waals surface area contributed by atoms with Crippen molar-refractivity contribution >= 4 is 5.78 Å². The predicted molar refractivity (Wildman–Crippen MR) is 71.8 cm³/mol. The van der Waals surface area contributed by atoms with Crippen LogP contribution in [0.3, 0.4) is 0 Å². The lowest BCUT2D eigenvalue weighted by atomic mass is 9.85. The summed E-state index contributed by atoms with van der Waals surface area (Å²) in [6.07, 6.45) is 2.51. The van der Waals surface area contributed by atoms with Crippen molar-refractivity contribution in [2.75, 3.05) is 20.6 Å². The second-order valence-electron chi connectivity index (χ2n) is 5.25. The van der Waals surface area contributed by atoms with Gasteiger partial charge in [0.15, 0.2) is 0 Å². The molecular formula is C15H21NO2. The Kier molecular flexibility index (Phi) is 4.37. The zero-order valence-electron chi connectivity index (χ0n) is 11.1. The van der Waals surface area contributed by atoms with Crippen LogP contribution in [0, 0.1) is 5.92 Å². The van der Waals surface area contributed by atoms with Gasteiger partial charge in [0, 0.05) is 18.9 Å². The molecule has 98 valence electrons. The summed E-state index contributed by atoms with van der Waals surface area (Å²) >= 11 is 0. The smallest absolute Gasteiger partial charge is 0.137 e. The Morgan fingerprint density at radius 3 is 2.67 bits per heavy atom. The van der Waals surface area contributed by atoms with Gasteiger partial charge in [0.1, 0.15) is 11.5 Å². The predicted octanol–water partition coefficient (Wildman–Crippen LogP) is 2.36. The van der Waals surface area contributed by atoms with Crippen LogP contribution in [0.1, 0.15) is 19.3 Å². The summed E-state index contributed by atoms with van der Waals surface area (Å²) in [7, 11) is 4.02. The largest absolute Gasteiger partial charge is 0.490 e. The number of hydrogen-bond acceptors (Lipinski definition) is 3. The first kappa shape index (κ1) is 13.1. The Balaban J connectivity index is 1.93. The fourth-order valence-electron chi connectivity index (χ4n) is 2.49. The molecule has 0 saturated heterocycles. The fraction of sp³-hybridized carbons (Fsp3) is 0.533. The van der Waals surface area contributed by atoms with Gasteiger partial charge in [0.2, 0.25) is 0 Å². The first-order valence-electron chi connectivity index (χ1n) is 6.54. The number of nitrogens with zero attached hydrogens (tertiary/aromatic N) is 1. The van der Waals surface area contributed by atoms with Crippen LogP contribution in [0.5, 0.6) is 5.75 Å². The third kappa shape index (κ3) is 3.57. The highest BCUT2D eigenvalue weighted by molar-refractivity contribution is 5.82. The zero-order chi connectivity index (χ0) is 13.0. The highest BCUT2D eigenvalue weighted by Crippen LogP contribution is 2.25. The summed E-state index contributed by atoms with van der Waals surface area (Å²) in [5.74, 6) is 1.42. The van der Waals surface area contributed by atoms with Crippen molar-refractivity contribution in [3.63, 3.8) is 0 Å². The highest BCUT2D eigenvalue weighted by atomic mass is 16.5. The Bertz CT molecular complexity index is 389. The monoisotopic (exact) mass is 247 g/mol. The van der Waals surface area contributed by atoms with Gasteiger partial charge in [0.25, 0.3) is 0 Å².